The molecule has 0 bridgehead atoms. The summed E-state index contributed by atoms with van der Waals surface area (Å²) in [5, 5.41) is 0. The summed E-state index contributed by atoms with van der Waals surface area (Å²) in [6.45, 7) is 0. The standard InChI is InChI=1S/C10H7ClN2O/c11-6-9(14)7-2-1-3-8-10(7)13-5-4-12-8/h1-5H,6H2. The maximum Gasteiger partial charge on any atom is 0.179 e. The third kappa shape index (κ3) is 1.46. The van der Waals surface area contributed by atoms with Gasteiger partial charge in [0.1, 0.15) is 0 Å². The van der Waals surface area contributed by atoms with Gasteiger partial charge in [-0.15, -0.1) is 11.6 Å². The molecule has 0 unspecified atom stereocenters. The van der Waals surface area contributed by atoms with E-state index in [4.69, 9.17) is 11.6 Å². The molecule has 1 aromatic heterocycles. The van der Waals surface area contributed by atoms with Gasteiger partial charge in [0, 0.05) is 18.0 Å². The van der Waals surface area contributed by atoms with Crippen molar-refractivity contribution >= 4 is 28.4 Å². The van der Waals surface area contributed by atoms with E-state index in [-0.39, 0.29) is 11.7 Å². The summed E-state index contributed by atoms with van der Waals surface area (Å²) in [5.41, 5.74) is 1.86. The Morgan fingerprint density at radius 1 is 1.29 bits per heavy atom. The Bertz CT molecular complexity index is 479. The summed E-state index contributed by atoms with van der Waals surface area (Å²) in [6, 6.07) is 5.30. The Morgan fingerprint density at radius 3 is 2.86 bits per heavy atom. The Balaban J connectivity index is 2.71. The van der Waals surface area contributed by atoms with Gasteiger partial charge in [-0.25, -0.2) is 0 Å². The van der Waals surface area contributed by atoms with Crippen molar-refractivity contribution in [2.75, 3.05) is 5.88 Å². The first-order valence-electron chi connectivity index (χ1n) is 4.12. The second-order valence-electron chi connectivity index (χ2n) is 2.79. The van der Waals surface area contributed by atoms with Gasteiger partial charge < -0.3 is 0 Å². The molecule has 3 nitrogen and oxygen atoms in total. The number of para-hydroxylation sites is 1. The molecule has 0 saturated carbocycles. The molecular formula is C10H7ClN2O. The Labute approximate surface area is 85.7 Å². The highest BCUT2D eigenvalue weighted by Crippen LogP contribution is 2.14. The number of hydrogen-bond acceptors (Lipinski definition) is 3. The van der Waals surface area contributed by atoms with Gasteiger partial charge in [0.25, 0.3) is 0 Å². The molecule has 0 aliphatic heterocycles. The van der Waals surface area contributed by atoms with Crippen molar-refractivity contribution < 1.29 is 4.79 Å². The minimum Gasteiger partial charge on any atom is -0.293 e. The van der Waals surface area contributed by atoms with Crippen LogP contribution in [0.25, 0.3) is 11.0 Å². The molecule has 2 rings (SSSR count). The minimum atomic E-state index is -0.127. The molecule has 4 heteroatoms. The van der Waals surface area contributed by atoms with E-state index in [2.05, 4.69) is 9.97 Å². The number of halogens is 1. The zero-order valence-electron chi connectivity index (χ0n) is 7.27. The van der Waals surface area contributed by atoms with Crippen LogP contribution in [0.5, 0.6) is 0 Å². The fraction of sp³-hybridized carbons (Fsp3) is 0.100. The van der Waals surface area contributed by atoms with Crippen LogP contribution in [0.15, 0.2) is 30.6 Å². The van der Waals surface area contributed by atoms with Crippen molar-refractivity contribution in [1.29, 1.82) is 0 Å². The van der Waals surface area contributed by atoms with E-state index in [0.717, 1.165) is 0 Å². The summed E-state index contributed by atoms with van der Waals surface area (Å²) in [6.07, 6.45) is 3.16. The number of carbonyl (C=O) groups excluding carboxylic acids is 1. The van der Waals surface area contributed by atoms with Gasteiger partial charge in [-0.3, -0.25) is 14.8 Å². The molecule has 0 fully saturated rings. The SMILES string of the molecule is O=C(CCl)c1cccc2nccnc12. The number of carbonyl (C=O) groups is 1. The fourth-order valence-corrected chi connectivity index (χ4v) is 1.43. The van der Waals surface area contributed by atoms with Crippen LogP contribution in [0.1, 0.15) is 10.4 Å². The zero-order chi connectivity index (χ0) is 9.97. The highest BCUT2D eigenvalue weighted by molar-refractivity contribution is 6.31. The molecule has 1 aromatic carbocycles. The number of Topliss-reactive ketones (excluding diaryl/α,β-unsaturated/α-hetero) is 1. The first-order chi connectivity index (χ1) is 6.83. The van der Waals surface area contributed by atoms with E-state index < -0.39 is 0 Å². The maximum atomic E-state index is 11.4. The van der Waals surface area contributed by atoms with Crippen molar-refractivity contribution in [3.05, 3.63) is 36.2 Å². The van der Waals surface area contributed by atoms with E-state index in [1.54, 1.807) is 24.5 Å². The summed E-state index contributed by atoms with van der Waals surface area (Å²) in [7, 11) is 0. The fourth-order valence-electron chi connectivity index (χ4n) is 1.29. The van der Waals surface area contributed by atoms with Crippen molar-refractivity contribution in [3.63, 3.8) is 0 Å². The third-order valence-corrected chi connectivity index (χ3v) is 2.16. The first-order valence-corrected chi connectivity index (χ1v) is 4.65. The molecule has 1 heterocycles. The smallest absolute Gasteiger partial charge is 0.179 e. The lowest BCUT2D eigenvalue weighted by molar-refractivity contribution is 0.102. The maximum absolute atomic E-state index is 11.4. The zero-order valence-corrected chi connectivity index (χ0v) is 8.03. The van der Waals surface area contributed by atoms with E-state index >= 15 is 0 Å². The molecule has 0 N–H and O–H groups in total. The molecular weight excluding hydrogens is 200 g/mol. The number of hydrogen-bond donors (Lipinski definition) is 0. The molecule has 0 amide bonds. The van der Waals surface area contributed by atoms with Gasteiger partial charge in [0.2, 0.25) is 0 Å². The molecule has 0 aliphatic carbocycles. The molecule has 0 atom stereocenters. The first kappa shape index (κ1) is 9.09. The van der Waals surface area contributed by atoms with Gasteiger partial charge in [0.15, 0.2) is 5.78 Å². The van der Waals surface area contributed by atoms with Gasteiger partial charge >= 0.3 is 0 Å². The van der Waals surface area contributed by atoms with Crippen LogP contribution in [0.2, 0.25) is 0 Å². The number of benzene rings is 1. The van der Waals surface area contributed by atoms with Crippen molar-refractivity contribution in [3.8, 4) is 0 Å². The van der Waals surface area contributed by atoms with Crippen LogP contribution in [-0.4, -0.2) is 21.6 Å². The van der Waals surface area contributed by atoms with Gasteiger partial charge in [0.05, 0.1) is 16.9 Å². The third-order valence-electron chi connectivity index (χ3n) is 1.92. The second-order valence-corrected chi connectivity index (χ2v) is 3.05. The number of alkyl halides is 1. The summed E-state index contributed by atoms with van der Waals surface area (Å²) < 4.78 is 0. The van der Waals surface area contributed by atoms with E-state index in [9.17, 15) is 4.79 Å². The van der Waals surface area contributed by atoms with Crippen LogP contribution in [-0.2, 0) is 0 Å². The molecule has 2 aromatic rings. The largest absolute Gasteiger partial charge is 0.293 e. The Kier molecular flexibility index (Phi) is 2.41. The second kappa shape index (κ2) is 3.72. The van der Waals surface area contributed by atoms with Crippen LogP contribution < -0.4 is 0 Å². The number of ketones is 1. The topological polar surface area (TPSA) is 42.9 Å². The average molecular weight is 207 g/mol. The van der Waals surface area contributed by atoms with E-state index in [1.165, 1.54) is 0 Å². The van der Waals surface area contributed by atoms with Gasteiger partial charge in [-0.05, 0) is 12.1 Å². The normalized spacial score (nSPS) is 10.4. The lowest BCUT2D eigenvalue weighted by Gasteiger charge is -2.00. The summed E-state index contributed by atoms with van der Waals surface area (Å²) >= 11 is 5.49. The predicted molar refractivity (Wildman–Crippen MR) is 54.6 cm³/mol. The van der Waals surface area contributed by atoms with Crippen LogP contribution in [0.4, 0.5) is 0 Å². The van der Waals surface area contributed by atoms with Crippen LogP contribution in [0, 0.1) is 0 Å². The molecule has 0 saturated heterocycles. The highest BCUT2D eigenvalue weighted by Gasteiger charge is 2.09. The molecule has 0 radical (unpaired) electrons. The lowest BCUT2D eigenvalue weighted by atomic mass is 10.1. The number of nitrogens with zero attached hydrogens (tertiary/aromatic N) is 2. The van der Waals surface area contributed by atoms with E-state index in [1.807, 2.05) is 6.07 Å². The molecule has 0 spiro atoms. The summed E-state index contributed by atoms with van der Waals surface area (Å²) in [5.74, 6) is -0.159. The van der Waals surface area contributed by atoms with Crippen molar-refractivity contribution in [2.24, 2.45) is 0 Å². The number of rotatable bonds is 2. The molecule has 70 valence electrons. The van der Waals surface area contributed by atoms with Gasteiger partial charge in [-0.1, -0.05) is 6.07 Å². The van der Waals surface area contributed by atoms with Crippen molar-refractivity contribution in [1.82, 2.24) is 9.97 Å². The molecule has 0 aliphatic rings. The van der Waals surface area contributed by atoms with E-state index in [0.29, 0.717) is 16.6 Å². The molecule has 14 heavy (non-hydrogen) atoms. The minimum absolute atomic E-state index is 0.0321. The monoisotopic (exact) mass is 206 g/mol. The summed E-state index contributed by atoms with van der Waals surface area (Å²) in [4.78, 5) is 19.6. The number of aromatic nitrogens is 2. The van der Waals surface area contributed by atoms with Gasteiger partial charge in [-0.2, -0.15) is 0 Å². The predicted octanol–water partition coefficient (Wildman–Crippen LogP) is 2.05. The average Bonchev–Trinajstić information content (AvgIpc) is 2.27. The highest BCUT2D eigenvalue weighted by atomic mass is 35.5. The Morgan fingerprint density at radius 2 is 2.07 bits per heavy atom. The quantitative estimate of drug-likeness (QED) is 0.558. The lowest BCUT2D eigenvalue weighted by Crippen LogP contribution is -2.02. The number of fused-ring (bicyclic) bond motifs is 1. The van der Waals surface area contributed by atoms with Crippen molar-refractivity contribution in [2.45, 2.75) is 0 Å². The Hall–Kier alpha value is -1.48. The van der Waals surface area contributed by atoms with Crippen LogP contribution in [0.3, 0.4) is 0 Å². The van der Waals surface area contributed by atoms with Crippen LogP contribution >= 0.6 is 11.6 Å².